The number of rotatable bonds is 2. The molecule has 8 nitrogen and oxygen atoms in total. The number of halogens is 4. The summed E-state index contributed by atoms with van der Waals surface area (Å²) in [5.41, 5.74) is 7.32. The van der Waals surface area contributed by atoms with Gasteiger partial charge in [-0.1, -0.05) is 17.7 Å². The number of hydrogen-bond donors (Lipinski definition) is 2. The van der Waals surface area contributed by atoms with Crippen LogP contribution < -0.4 is 11.1 Å². The van der Waals surface area contributed by atoms with Crippen molar-refractivity contribution < 1.29 is 22.6 Å². The maximum atomic E-state index is 13.4. The molecule has 0 saturated heterocycles. The van der Waals surface area contributed by atoms with E-state index in [1.54, 1.807) is 18.3 Å². The molecular weight excluding hydrogens is 497 g/mol. The topological polar surface area (TPSA) is 120 Å². The largest absolute Gasteiger partial charge is 0.333 e. The predicted molar refractivity (Wildman–Crippen MR) is 130 cm³/mol. The molecule has 12 heteroatoms. The molecule has 0 fully saturated rings. The Morgan fingerprint density at radius 1 is 1.11 bits per heavy atom. The van der Waals surface area contributed by atoms with Crippen molar-refractivity contribution in [1.29, 1.82) is 0 Å². The van der Waals surface area contributed by atoms with Crippen LogP contribution in [0.3, 0.4) is 0 Å². The molecule has 5 rings (SSSR count). The smallest absolute Gasteiger partial charge is 0.277 e. The van der Waals surface area contributed by atoms with Crippen LogP contribution >= 0.6 is 11.6 Å². The Morgan fingerprint density at radius 3 is 2.58 bits per heavy atom. The van der Waals surface area contributed by atoms with Gasteiger partial charge in [-0.15, -0.1) is 0 Å². The fourth-order valence-corrected chi connectivity index (χ4v) is 3.96. The lowest BCUT2D eigenvalue weighted by molar-refractivity contribution is -0.114. The van der Waals surface area contributed by atoms with Gasteiger partial charge >= 0.3 is 0 Å². The van der Waals surface area contributed by atoms with Crippen molar-refractivity contribution in [2.24, 2.45) is 5.73 Å². The highest BCUT2D eigenvalue weighted by Gasteiger charge is 2.38. The van der Waals surface area contributed by atoms with Crippen molar-refractivity contribution in [3.05, 3.63) is 64.8 Å². The van der Waals surface area contributed by atoms with E-state index < -0.39 is 17.4 Å². The Hall–Kier alpha value is -3.57. The molecule has 0 radical (unpaired) electrons. The molecule has 0 bridgehead atoms. The Bertz CT molecular complexity index is 1350. The number of nitrogens with zero attached hydrogens (tertiary/aromatic N) is 4. The van der Waals surface area contributed by atoms with Crippen LogP contribution in [0.2, 0.25) is 5.02 Å². The van der Waals surface area contributed by atoms with E-state index in [9.17, 15) is 18.0 Å². The molecule has 0 spiro atoms. The van der Waals surface area contributed by atoms with Crippen LogP contribution in [0.4, 0.5) is 19.0 Å². The molecule has 190 valence electrons. The molecule has 1 amide bonds. The zero-order valence-corrected chi connectivity index (χ0v) is 20.3. The fraction of sp³-hybridized carbons (Fsp3) is 0.292. The first-order valence-corrected chi connectivity index (χ1v) is 11.4. The van der Waals surface area contributed by atoms with Crippen LogP contribution in [0, 0.1) is 5.95 Å². The van der Waals surface area contributed by atoms with E-state index in [2.05, 4.69) is 36.0 Å². The fourth-order valence-electron chi connectivity index (χ4n) is 3.70. The van der Waals surface area contributed by atoms with Gasteiger partial charge in [0.15, 0.2) is 0 Å². The van der Waals surface area contributed by atoms with Crippen LogP contribution in [0.5, 0.6) is 0 Å². The minimum atomic E-state index is -3.05. The lowest BCUT2D eigenvalue weighted by Crippen LogP contribution is -2.16. The molecule has 0 saturated carbocycles. The average Bonchev–Trinajstić information content (AvgIpc) is 3.24. The molecular formula is C24H24ClF3N6O2. The quantitative estimate of drug-likeness (QED) is 0.264. The highest BCUT2D eigenvalue weighted by molar-refractivity contribution is 6.33. The lowest BCUT2D eigenvalue weighted by atomic mass is 10.0. The zero-order valence-electron chi connectivity index (χ0n) is 19.6. The summed E-state index contributed by atoms with van der Waals surface area (Å²) in [7, 11) is 1.50. The van der Waals surface area contributed by atoms with Crippen molar-refractivity contribution in [2.75, 3.05) is 12.4 Å². The van der Waals surface area contributed by atoms with E-state index in [1.807, 2.05) is 12.1 Å². The summed E-state index contributed by atoms with van der Waals surface area (Å²) in [6.45, 7) is 1.41. The van der Waals surface area contributed by atoms with Crippen LogP contribution in [-0.2, 0) is 17.1 Å². The minimum absolute atomic E-state index is 0.198. The summed E-state index contributed by atoms with van der Waals surface area (Å²) < 4.78 is 44.7. The number of pyridine rings is 2. The number of nitrogens with two attached hydrogens (primary N) is 1. The van der Waals surface area contributed by atoms with Crippen molar-refractivity contribution >= 4 is 34.4 Å². The molecule has 0 unspecified atom stereocenters. The van der Waals surface area contributed by atoms with Gasteiger partial charge in [-0.2, -0.15) is 4.39 Å². The Labute approximate surface area is 210 Å². The van der Waals surface area contributed by atoms with Crippen LogP contribution in [0.15, 0.2) is 47.4 Å². The minimum Gasteiger partial charge on any atom is -0.333 e. The van der Waals surface area contributed by atoms with Crippen molar-refractivity contribution in [3.8, 4) is 11.1 Å². The Kier molecular flexibility index (Phi) is 8.94. The van der Waals surface area contributed by atoms with E-state index >= 15 is 0 Å². The average molecular weight is 521 g/mol. The maximum Gasteiger partial charge on any atom is 0.277 e. The summed E-state index contributed by atoms with van der Waals surface area (Å²) in [4.78, 5) is 18.4. The predicted octanol–water partition coefficient (Wildman–Crippen LogP) is 5.51. The molecule has 3 aromatic heterocycles. The number of alkyl halides is 2. The number of benzene rings is 1. The third kappa shape index (κ3) is 6.35. The maximum absolute atomic E-state index is 13.4. The van der Waals surface area contributed by atoms with E-state index in [0.29, 0.717) is 46.7 Å². The molecule has 0 aliphatic heterocycles. The molecule has 0 atom stereocenters. The number of nitrogens with one attached hydrogen (secondary N) is 1. The molecule has 36 heavy (non-hydrogen) atoms. The van der Waals surface area contributed by atoms with Crippen LogP contribution in [-0.4, -0.2) is 33.2 Å². The van der Waals surface area contributed by atoms with Crippen molar-refractivity contribution in [2.45, 2.75) is 38.5 Å². The molecule has 3 N–H and O–H groups in total. The number of aryl methyl sites for hydroxylation is 1. The third-order valence-corrected chi connectivity index (χ3v) is 5.58. The van der Waals surface area contributed by atoms with Gasteiger partial charge in [-0.3, -0.25) is 4.79 Å². The second-order valence-electron chi connectivity index (χ2n) is 7.75. The third-order valence-electron chi connectivity index (χ3n) is 5.27. The van der Waals surface area contributed by atoms with E-state index in [-0.39, 0.29) is 12.3 Å². The molecule has 4 aromatic rings. The van der Waals surface area contributed by atoms with Crippen LogP contribution in [0.1, 0.15) is 37.3 Å². The first-order valence-electron chi connectivity index (χ1n) is 11.0. The van der Waals surface area contributed by atoms with Gasteiger partial charge in [0.25, 0.3) is 5.92 Å². The van der Waals surface area contributed by atoms with Gasteiger partial charge < -0.3 is 11.1 Å². The number of carbonyl (C=O) groups is 1. The van der Waals surface area contributed by atoms with Crippen LogP contribution in [0.25, 0.3) is 22.2 Å². The second kappa shape index (κ2) is 11.9. The van der Waals surface area contributed by atoms with E-state index in [0.717, 1.165) is 11.1 Å². The van der Waals surface area contributed by atoms with Gasteiger partial charge in [-0.05, 0) is 65.9 Å². The SMILES string of the molecule is CC(=O)Nc1cc(Cl)c(-c2ccc3nonc3c2)cn1.CN.Fc1nccc2c1C(F)(F)CCCC2. The van der Waals surface area contributed by atoms with Gasteiger partial charge in [0.2, 0.25) is 11.9 Å². The van der Waals surface area contributed by atoms with E-state index in [4.69, 9.17) is 11.6 Å². The first-order chi connectivity index (χ1) is 17.2. The van der Waals surface area contributed by atoms with Crippen molar-refractivity contribution in [1.82, 2.24) is 20.3 Å². The molecule has 1 aliphatic carbocycles. The highest BCUT2D eigenvalue weighted by atomic mass is 35.5. The second-order valence-corrected chi connectivity index (χ2v) is 8.15. The molecule has 1 aromatic carbocycles. The first kappa shape index (κ1) is 27.0. The standard InChI is InChI=1S/C13H9ClN4O2.C10H10F3N.CH5N/c1-7(19)16-13-5-10(14)9(6-15-13)8-2-3-11-12(4-8)18-20-17-11;11-9-8-7(4-6-14-9)3-1-2-5-10(8,12)13;1-2/h2-6H,1H3,(H,15,16,19);4,6H,1-3,5H2;2H2,1H3. The number of aromatic nitrogens is 4. The molecule has 3 heterocycles. The van der Waals surface area contributed by atoms with E-state index in [1.165, 1.54) is 26.2 Å². The number of anilines is 1. The Morgan fingerprint density at radius 2 is 1.86 bits per heavy atom. The number of carbonyl (C=O) groups excluding carboxylic acids is 1. The van der Waals surface area contributed by atoms with Gasteiger partial charge in [0, 0.05) is 37.4 Å². The summed E-state index contributed by atoms with van der Waals surface area (Å²) >= 11 is 6.22. The normalized spacial score (nSPS) is 13.9. The van der Waals surface area contributed by atoms with Gasteiger partial charge in [0.05, 0.1) is 10.6 Å². The summed E-state index contributed by atoms with van der Waals surface area (Å²) in [6.07, 6.45) is 4.21. The summed E-state index contributed by atoms with van der Waals surface area (Å²) in [5, 5.41) is 10.6. The summed E-state index contributed by atoms with van der Waals surface area (Å²) in [5.74, 6) is -3.86. The van der Waals surface area contributed by atoms with Gasteiger partial charge in [-0.25, -0.2) is 23.4 Å². The Balaban J connectivity index is 0.000000198. The lowest BCUT2D eigenvalue weighted by Gasteiger charge is -2.16. The zero-order chi connectivity index (χ0) is 26.3. The number of amides is 1. The summed E-state index contributed by atoms with van der Waals surface area (Å²) in [6, 6.07) is 8.54. The monoisotopic (exact) mass is 520 g/mol. The number of fused-ring (bicyclic) bond motifs is 2. The highest BCUT2D eigenvalue weighted by Crippen LogP contribution is 2.39. The molecule has 1 aliphatic rings. The van der Waals surface area contributed by atoms with Crippen molar-refractivity contribution in [3.63, 3.8) is 0 Å². The van der Waals surface area contributed by atoms with Gasteiger partial charge in [0.1, 0.15) is 16.9 Å². The number of hydrogen-bond acceptors (Lipinski definition) is 7.